The second kappa shape index (κ2) is 10.7. The topological polar surface area (TPSA) is 101 Å². The van der Waals surface area contributed by atoms with Gasteiger partial charge in [0.05, 0.1) is 31.4 Å². The normalized spacial score (nSPS) is 17.1. The number of unbranched alkanes of at least 4 members (excludes halogenated alkanes) is 1. The average Bonchev–Trinajstić information content (AvgIpc) is 3.55. The molecule has 2 N–H and O–H groups in total. The molecule has 3 aromatic heterocycles. The maximum Gasteiger partial charge on any atom is 0.234 e. The van der Waals surface area contributed by atoms with Gasteiger partial charge in [0.25, 0.3) is 0 Å². The fourth-order valence-corrected chi connectivity index (χ4v) is 5.06. The van der Waals surface area contributed by atoms with Crippen molar-refractivity contribution >= 4 is 34.4 Å². The molecule has 0 unspecified atom stereocenters. The van der Waals surface area contributed by atoms with Crippen LogP contribution >= 0.6 is 0 Å². The number of pyridine rings is 1. The first-order chi connectivity index (χ1) is 17.1. The van der Waals surface area contributed by atoms with E-state index in [4.69, 9.17) is 25.4 Å². The number of anilines is 4. The smallest absolute Gasteiger partial charge is 0.234 e. The first-order valence-corrected chi connectivity index (χ1v) is 12.8. The molecule has 0 radical (unpaired) electrons. The van der Waals surface area contributed by atoms with E-state index < -0.39 is 0 Å². The lowest BCUT2D eigenvalue weighted by atomic mass is 10.2. The molecular formula is C25H37N9O. The molecule has 0 bridgehead atoms. The van der Waals surface area contributed by atoms with E-state index in [-0.39, 0.29) is 0 Å². The number of aromatic nitrogens is 5. The predicted octanol–water partition coefficient (Wildman–Crippen LogP) is 3.24. The summed E-state index contributed by atoms with van der Waals surface area (Å²) in [5, 5.41) is 0. The second-order valence-electron chi connectivity index (χ2n) is 9.81. The molecule has 0 amide bonds. The van der Waals surface area contributed by atoms with Gasteiger partial charge in [-0.25, -0.2) is 9.97 Å². The molecule has 0 atom stereocenters. The lowest BCUT2D eigenvalue weighted by molar-refractivity contribution is 0.122. The van der Waals surface area contributed by atoms with E-state index in [1.807, 2.05) is 12.5 Å². The minimum absolute atomic E-state index is 0.429. The van der Waals surface area contributed by atoms with Crippen LogP contribution in [0.4, 0.5) is 23.3 Å². The van der Waals surface area contributed by atoms with E-state index in [1.165, 1.54) is 12.8 Å². The van der Waals surface area contributed by atoms with Crippen LogP contribution < -0.4 is 15.5 Å². The first kappa shape index (κ1) is 23.7. The Morgan fingerprint density at radius 3 is 2.51 bits per heavy atom. The molecular weight excluding hydrogens is 442 g/mol. The Morgan fingerprint density at radius 2 is 1.80 bits per heavy atom. The van der Waals surface area contributed by atoms with Gasteiger partial charge in [0.2, 0.25) is 5.95 Å². The summed E-state index contributed by atoms with van der Waals surface area (Å²) in [7, 11) is 4.21. The van der Waals surface area contributed by atoms with Crippen molar-refractivity contribution in [3.8, 4) is 0 Å². The number of nitrogen functional groups attached to an aromatic ring is 1. The molecule has 2 fully saturated rings. The van der Waals surface area contributed by atoms with E-state index in [9.17, 15) is 0 Å². The highest BCUT2D eigenvalue weighted by Crippen LogP contribution is 2.34. The van der Waals surface area contributed by atoms with E-state index >= 15 is 0 Å². The van der Waals surface area contributed by atoms with Gasteiger partial charge in [-0.05, 0) is 58.5 Å². The van der Waals surface area contributed by atoms with Crippen LogP contribution in [0.1, 0.15) is 44.6 Å². The van der Waals surface area contributed by atoms with Crippen LogP contribution in [0.5, 0.6) is 0 Å². The van der Waals surface area contributed by atoms with Gasteiger partial charge in [-0.3, -0.25) is 0 Å². The standard InChI is InChI=1S/C25H37N9O/c1-31(2)11-5-6-12-33(20-9-10-21(27-17-20)32-13-15-35-16-14-32)25-29-23(26)22-24(30-25)34(18-28-22)19-7-3-4-8-19/h9-10,17-19H,3-8,11-16H2,1-2H3,(H2,26,29,30). The number of imidazole rings is 1. The highest BCUT2D eigenvalue weighted by molar-refractivity contribution is 5.83. The van der Waals surface area contributed by atoms with Crippen molar-refractivity contribution in [3.63, 3.8) is 0 Å². The molecule has 188 valence electrons. The number of morpholine rings is 1. The van der Waals surface area contributed by atoms with Crippen LogP contribution in [0.25, 0.3) is 11.2 Å². The number of nitrogens with two attached hydrogens (primary N) is 1. The zero-order valence-electron chi connectivity index (χ0n) is 20.9. The van der Waals surface area contributed by atoms with Gasteiger partial charge in [-0.2, -0.15) is 9.97 Å². The van der Waals surface area contributed by atoms with Gasteiger partial charge in [-0.15, -0.1) is 0 Å². The average molecular weight is 480 g/mol. The second-order valence-corrected chi connectivity index (χ2v) is 9.81. The lowest BCUT2D eigenvalue weighted by Gasteiger charge is -2.28. The van der Waals surface area contributed by atoms with Gasteiger partial charge < -0.3 is 29.7 Å². The molecule has 5 rings (SSSR count). The first-order valence-electron chi connectivity index (χ1n) is 12.8. The number of nitrogens with zero attached hydrogens (tertiary/aromatic N) is 8. The highest BCUT2D eigenvalue weighted by Gasteiger charge is 2.23. The number of ether oxygens (including phenoxy) is 1. The van der Waals surface area contributed by atoms with Crippen molar-refractivity contribution in [1.29, 1.82) is 0 Å². The molecule has 3 aromatic rings. The van der Waals surface area contributed by atoms with Gasteiger partial charge in [-0.1, -0.05) is 12.8 Å². The number of hydrogen-bond donors (Lipinski definition) is 1. The SMILES string of the molecule is CN(C)CCCCN(c1ccc(N2CCOCC2)nc1)c1nc(N)c2ncn(C3CCCC3)c2n1. The molecule has 2 aliphatic rings. The van der Waals surface area contributed by atoms with Crippen molar-refractivity contribution in [2.24, 2.45) is 0 Å². The Hall–Kier alpha value is -2.98. The predicted molar refractivity (Wildman–Crippen MR) is 139 cm³/mol. The minimum atomic E-state index is 0.429. The van der Waals surface area contributed by atoms with E-state index in [0.717, 1.165) is 82.2 Å². The summed E-state index contributed by atoms with van der Waals surface area (Å²) < 4.78 is 7.68. The Morgan fingerprint density at radius 1 is 1.03 bits per heavy atom. The summed E-state index contributed by atoms with van der Waals surface area (Å²) >= 11 is 0. The molecule has 35 heavy (non-hydrogen) atoms. The largest absolute Gasteiger partial charge is 0.382 e. The summed E-state index contributed by atoms with van der Waals surface area (Å²) in [6.07, 6.45) is 10.7. The van der Waals surface area contributed by atoms with Crippen LogP contribution in [0.3, 0.4) is 0 Å². The number of rotatable bonds is 9. The Bertz CT molecular complexity index is 1100. The zero-order chi connectivity index (χ0) is 24.2. The van der Waals surface area contributed by atoms with Crippen LogP contribution in [-0.4, -0.2) is 82.9 Å². The maximum atomic E-state index is 6.41. The van der Waals surface area contributed by atoms with Gasteiger partial charge in [0.15, 0.2) is 11.5 Å². The Kier molecular flexibility index (Phi) is 7.29. The molecule has 1 aliphatic carbocycles. The third-order valence-electron chi connectivity index (χ3n) is 7.01. The third-order valence-corrected chi connectivity index (χ3v) is 7.01. The number of hydrogen-bond acceptors (Lipinski definition) is 9. The van der Waals surface area contributed by atoms with E-state index in [1.54, 1.807) is 0 Å². The molecule has 1 aliphatic heterocycles. The van der Waals surface area contributed by atoms with Crippen molar-refractivity contribution in [2.45, 2.75) is 44.6 Å². The van der Waals surface area contributed by atoms with Crippen LogP contribution in [0.2, 0.25) is 0 Å². The third kappa shape index (κ3) is 5.33. The molecule has 10 heteroatoms. The van der Waals surface area contributed by atoms with Crippen LogP contribution in [-0.2, 0) is 4.74 Å². The summed E-state index contributed by atoms with van der Waals surface area (Å²) in [4.78, 5) is 25.7. The van der Waals surface area contributed by atoms with Crippen molar-refractivity contribution in [3.05, 3.63) is 24.7 Å². The van der Waals surface area contributed by atoms with Crippen molar-refractivity contribution in [2.75, 3.05) is 69.0 Å². The van der Waals surface area contributed by atoms with Crippen LogP contribution in [0, 0.1) is 0 Å². The fraction of sp³-hybridized carbons (Fsp3) is 0.600. The zero-order valence-corrected chi connectivity index (χ0v) is 20.9. The lowest BCUT2D eigenvalue weighted by Crippen LogP contribution is -2.36. The monoisotopic (exact) mass is 479 g/mol. The van der Waals surface area contributed by atoms with Crippen LogP contribution in [0.15, 0.2) is 24.7 Å². The van der Waals surface area contributed by atoms with Gasteiger partial charge in [0, 0.05) is 25.7 Å². The van der Waals surface area contributed by atoms with Crippen molar-refractivity contribution in [1.82, 2.24) is 29.4 Å². The summed E-state index contributed by atoms with van der Waals surface area (Å²) in [5.74, 6) is 2.01. The molecule has 1 saturated heterocycles. The minimum Gasteiger partial charge on any atom is -0.382 e. The number of fused-ring (bicyclic) bond motifs is 1. The van der Waals surface area contributed by atoms with Crippen molar-refractivity contribution < 1.29 is 4.74 Å². The van der Waals surface area contributed by atoms with E-state index in [2.05, 4.69) is 50.5 Å². The molecule has 0 spiro atoms. The Balaban J connectivity index is 1.45. The molecule has 10 nitrogen and oxygen atoms in total. The summed E-state index contributed by atoms with van der Waals surface area (Å²) in [5.41, 5.74) is 8.89. The molecule has 4 heterocycles. The van der Waals surface area contributed by atoms with Gasteiger partial charge in [0.1, 0.15) is 11.3 Å². The quantitative estimate of drug-likeness (QED) is 0.463. The Labute approximate surface area is 207 Å². The van der Waals surface area contributed by atoms with Gasteiger partial charge >= 0.3 is 0 Å². The summed E-state index contributed by atoms with van der Waals surface area (Å²) in [6, 6.07) is 4.63. The van der Waals surface area contributed by atoms with E-state index in [0.29, 0.717) is 23.3 Å². The highest BCUT2D eigenvalue weighted by atomic mass is 16.5. The maximum absolute atomic E-state index is 6.41. The molecule has 0 aromatic carbocycles. The molecule has 1 saturated carbocycles. The fourth-order valence-electron chi connectivity index (χ4n) is 5.06. The summed E-state index contributed by atoms with van der Waals surface area (Å²) in [6.45, 7) is 5.03.